The fraction of sp³-hybridized carbons (Fsp3) is 0.300. The maximum Gasteiger partial charge on any atom is 0.228 e. The summed E-state index contributed by atoms with van der Waals surface area (Å²) >= 11 is 7.57. The third kappa shape index (κ3) is 4.40. The molecule has 5 nitrogen and oxygen atoms in total. The number of benzene rings is 2. The van der Waals surface area contributed by atoms with Crippen molar-refractivity contribution in [3.8, 4) is 0 Å². The van der Waals surface area contributed by atoms with Crippen LogP contribution in [-0.2, 0) is 11.2 Å². The number of thiazole rings is 1. The van der Waals surface area contributed by atoms with Gasteiger partial charge in [0.2, 0.25) is 5.91 Å². The first kappa shape index (κ1) is 18.2. The highest BCUT2D eigenvalue weighted by Crippen LogP contribution is 2.31. The molecular formula is C20H21ClN4OS. The van der Waals surface area contributed by atoms with Crippen molar-refractivity contribution >= 4 is 49.9 Å². The van der Waals surface area contributed by atoms with Crippen LogP contribution < -0.4 is 10.2 Å². The second kappa shape index (κ2) is 7.84. The monoisotopic (exact) mass is 400 g/mol. The van der Waals surface area contributed by atoms with E-state index in [1.54, 1.807) is 23.5 Å². The van der Waals surface area contributed by atoms with Gasteiger partial charge in [0.25, 0.3) is 0 Å². The Morgan fingerprint density at radius 1 is 1.15 bits per heavy atom. The van der Waals surface area contributed by atoms with Crippen LogP contribution >= 0.6 is 22.9 Å². The van der Waals surface area contributed by atoms with Crippen molar-refractivity contribution in [1.82, 2.24) is 9.88 Å². The van der Waals surface area contributed by atoms with Crippen LogP contribution in [0.3, 0.4) is 0 Å². The first-order chi connectivity index (χ1) is 13.1. The minimum atomic E-state index is -0.0412. The molecule has 0 saturated carbocycles. The summed E-state index contributed by atoms with van der Waals surface area (Å²) < 4.78 is 1.09. The average molecular weight is 401 g/mol. The van der Waals surface area contributed by atoms with Crippen LogP contribution in [0.1, 0.15) is 5.56 Å². The Balaban J connectivity index is 1.45. The van der Waals surface area contributed by atoms with E-state index in [1.165, 1.54) is 0 Å². The minimum Gasteiger partial charge on any atom is -0.345 e. The molecule has 2 heterocycles. The van der Waals surface area contributed by atoms with Gasteiger partial charge in [-0.3, -0.25) is 4.79 Å². The molecule has 2 aromatic carbocycles. The zero-order valence-electron chi connectivity index (χ0n) is 15.1. The lowest BCUT2D eigenvalue weighted by molar-refractivity contribution is -0.115. The summed E-state index contributed by atoms with van der Waals surface area (Å²) in [6.45, 7) is 4.12. The summed E-state index contributed by atoms with van der Waals surface area (Å²) in [6, 6.07) is 13.2. The first-order valence-electron chi connectivity index (χ1n) is 8.95. The largest absolute Gasteiger partial charge is 0.345 e. The summed E-state index contributed by atoms with van der Waals surface area (Å²) in [5.41, 5.74) is 2.72. The predicted molar refractivity (Wildman–Crippen MR) is 113 cm³/mol. The number of halogens is 1. The van der Waals surface area contributed by atoms with E-state index in [-0.39, 0.29) is 5.91 Å². The lowest BCUT2D eigenvalue weighted by atomic mass is 10.1. The number of fused-ring (bicyclic) bond motifs is 1. The van der Waals surface area contributed by atoms with Gasteiger partial charge in [-0.25, -0.2) is 4.98 Å². The van der Waals surface area contributed by atoms with Gasteiger partial charge >= 0.3 is 0 Å². The van der Waals surface area contributed by atoms with E-state index in [1.807, 2.05) is 30.3 Å². The highest BCUT2D eigenvalue weighted by Gasteiger charge is 2.17. The molecule has 140 valence electrons. The van der Waals surface area contributed by atoms with Crippen LogP contribution in [0.5, 0.6) is 0 Å². The average Bonchev–Trinajstić information content (AvgIpc) is 3.07. The van der Waals surface area contributed by atoms with Gasteiger partial charge in [0.05, 0.1) is 16.6 Å². The van der Waals surface area contributed by atoms with Crippen LogP contribution in [-0.4, -0.2) is 49.0 Å². The number of carbonyl (C=O) groups excluding carboxylic acids is 1. The SMILES string of the molecule is CN1CCN(c2nc3ccc(NC(=O)Cc4ccc(Cl)cc4)cc3s2)CC1. The molecule has 4 rings (SSSR count). The van der Waals surface area contributed by atoms with E-state index in [0.717, 1.165) is 52.8 Å². The maximum absolute atomic E-state index is 12.3. The number of piperazine rings is 1. The summed E-state index contributed by atoms with van der Waals surface area (Å²) in [5.74, 6) is -0.0412. The highest BCUT2D eigenvalue weighted by molar-refractivity contribution is 7.22. The Kier molecular flexibility index (Phi) is 5.29. The third-order valence-electron chi connectivity index (χ3n) is 4.71. The second-order valence-electron chi connectivity index (χ2n) is 6.82. The van der Waals surface area contributed by atoms with Gasteiger partial charge in [-0.05, 0) is 42.9 Å². The Labute approximate surface area is 167 Å². The molecule has 27 heavy (non-hydrogen) atoms. The molecule has 1 aromatic heterocycles. The van der Waals surface area contributed by atoms with E-state index in [0.29, 0.717) is 11.4 Å². The number of nitrogens with one attached hydrogen (secondary N) is 1. The number of nitrogens with zero attached hydrogens (tertiary/aromatic N) is 3. The highest BCUT2D eigenvalue weighted by atomic mass is 35.5. The summed E-state index contributed by atoms with van der Waals surface area (Å²) in [5, 5.41) is 4.71. The molecule has 0 atom stereocenters. The van der Waals surface area contributed by atoms with Crippen LogP contribution in [0.4, 0.5) is 10.8 Å². The normalized spacial score (nSPS) is 15.3. The number of likely N-dealkylation sites (N-methyl/N-ethyl adjacent to an activating group) is 1. The van der Waals surface area contributed by atoms with Crippen molar-refractivity contribution in [2.24, 2.45) is 0 Å². The zero-order chi connectivity index (χ0) is 18.8. The van der Waals surface area contributed by atoms with Crippen LogP contribution in [0, 0.1) is 0 Å². The minimum absolute atomic E-state index is 0.0412. The van der Waals surface area contributed by atoms with Gasteiger partial charge in [0.15, 0.2) is 5.13 Å². The van der Waals surface area contributed by atoms with Gasteiger partial charge in [0.1, 0.15) is 0 Å². The number of hydrogen-bond acceptors (Lipinski definition) is 5. The number of anilines is 2. The molecule has 1 saturated heterocycles. The van der Waals surface area contributed by atoms with E-state index < -0.39 is 0 Å². The summed E-state index contributed by atoms with van der Waals surface area (Å²) in [7, 11) is 2.15. The van der Waals surface area contributed by atoms with Crippen molar-refractivity contribution in [3.63, 3.8) is 0 Å². The molecule has 0 aliphatic carbocycles. The number of hydrogen-bond donors (Lipinski definition) is 1. The van der Waals surface area contributed by atoms with E-state index >= 15 is 0 Å². The quantitative estimate of drug-likeness (QED) is 0.722. The Morgan fingerprint density at radius 2 is 1.89 bits per heavy atom. The Morgan fingerprint density at radius 3 is 2.63 bits per heavy atom. The fourth-order valence-electron chi connectivity index (χ4n) is 3.12. The molecule has 1 amide bonds. The van der Waals surface area contributed by atoms with Crippen LogP contribution in [0.2, 0.25) is 5.02 Å². The van der Waals surface area contributed by atoms with Crippen molar-refractivity contribution in [2.45, 2.75) is 6.42 Å². The lowest BCUT2D eigenvalue weighted by Crippen LogP contribution is -2.44. The molecule has 1 N–H and O–H groups in total. The van der Waals surface area contributed by atoms with Crippen LogP contribution in [0.25, 0.3) is 10.2 Å². The van der Waals surface area contributed by atoms with E-state index in [9.17, 15) is 4.79 Å². The van der Waals surface area contributed by atoms with Crippen LogP contribution in [0.15, 0.2) is 42.5 Å². The summed E-state index contributed by atoms with van der Waals surface area (Å²) in [4.78, 5) is 21.7. The van der Waals surface area contributed by atoms with E-state index in [2.05, 4.69) is 22.2 Å². The standard InChI is InChI=1S/C20H21ClN4OS/c1-24-8-10-25(11-9-24)20-23-17-7-6-16(13-18(17)27-20)22-19(26)12-14-2-4-15(21)5-3-14/h2-7,13H,8-12H2,1H3,(H,22,26). The van der Waals surface area contributed by atoms with Crippen molar-refractivity contribution in [1.29, 1.82) is 0 Å². The maximum atomic E-state index is 12.3. The predicted octanol–water partition coefficient (Wildman–Crippen LogP) is 3.88. The molecular weight excluding hydrogens is 380 g/mol. The number of rotatable bonds is 4. The third-order valence-corrected chi connectivity index (χ3v) is 6.04. The molecule has 7 heteroatoms. The van der Waals surface area contributed by atoms with Gasteiger partial charge in [0, 0.05) is 36.9 Å². The Hall–Kier alpha value is -2.15. The zero-order valence-corrected chi connectivity index (χ0v) is 16.7. The number of carbonyl (C=O) groups is 1. The van der Waals surface area contributed by atoms with Crippen molar-refractivity contribution < 1.29 is 4.79 Å². The molecule has 0 unspecified atom stereocenters. The summed E-state index contributed by atoms with van der Waals surface area (Å²) in [6.07, 6.45) is 0.324. The fourth-order valence-corrected chi connectivity index (χ4v) is 4.30. The van der Waals surface area contributed by atoms with Gasteiger partial charge in [-0.1, -0.05) is 35.1 Å². The van der Waals surface area contributed by atoms with Crippen molar-refractivity contribution in [2.75, 3.05) is 43.4 Å². The molecule has 3 aromatic rings. The molecule has 1 aliphatic heterocycles. The molecule has 0 radical (unpaired) electrons. The van der Waals surface area contributed by atoms with Gasteiger partial charge < -0.3 is 15.1 Å². The van der Waals surface area contributed by atoms with Gasteiger partial charge in [-0.2, -0.15) is 0 Å². The Bertz CT molecular complexity index is 948. The van der Waals surface area contributed by atoms with Crippen molar-refractivity contribution in [3.05, 3.63) is 53.1 Å². The number of amides is 1. The topological polar surface area (TPSA) is 48.5 Å². The molecule has 0 bridgehead atoms. The molecule has 1 fully saturated rings. The smallest absolute Gasteiger partial charge is 0.228 e. The number of aromatic nitrogens is 1. The first-order valence-corrected chi connectivity index (χ1v) is 10.1. The van der Waals surface area contributed by atoms with Gasteiger partial charge in [-0.15, -0.1) is 0 Å². The lowest BCUT2D eigenvalue weighted by Gasteiger charge is -2.31. The second-order valence-corrected chi connectivity index (χ2v) is 8.27. The molecule has 1 aliphatic rings. The van der Waals surface area contributed by atoms with E-state index in [4.69, 9.17) is 16.6 Å². The molecule has 0 spiro atoms.